The third-order valence-corrected chi connectivity index (χ3v) is 5.66. The van der Waals surface area contributed by atoms with Crippen molar-refractivity contribution >= 4 is 11.4 Å². The lowest BCUT2D eigenvalue weighted by Crippen LogP contribution is -2.32. The van der Waals surface area contributed by atoms with E-state index in [4.69, 9.17) is 4.74 Å². The third kappa shape index (κ3) is 4.26. The van der Waals surface area contributed by atoms with Crippen molar-refractivity contribution in [2.45, 2.75) is 45.8 Å². The van der Waals surface area contributed by atoms with Gasteiger partial charge in [-0.1, -0.05) is 6.07 Å². The highest BCUT2D eigenvalue weighted by atomic mass is 19.1. The summed E-state index contributed by atoms with van der Waals surface area (Å²) in [6, 6.07) is 6.86. The van der Waals surface area contributed by atoms with Crippen molar-refractivity contribution in [3.05, 3.63) is 70.9 Å². The number of nitrogens with zero attached hydrogens (tertiary/aromatic N) is 6. The maximum atomic E-state index is 14.0. The van der Waals surface area contributed by atoms with E-state index in [0.717, 1.165) is 12.1 Å². The highest BCUT2D eigenvalue weighted by molar-refractivity contribution is 5.97. The number of Topliss-reactive ketones (excluding diaryl/α,β-unsaturated/α-hetero) is 1. The molecule has 4 rings (SSSR count). The van der Waals surface area contributed by atoms with Gasteiger partial charge >= 0.3 is 0 Å². The average Bonchev–Trinajstić information content (AvgIpc) is 3.43. The Kier molecular flexibility index (Phi) is 6.38. The lowest BCUT2D eigenvalue weighted by atomic mass is 9.84. The number of hydrogen-bond donors (Lipinski definition) is 1. The molecule has 1 aromatic carbocycles. The topological polar surface area (TPSA) is 107 Å². The molecule has 0 aliphatic heterocycles. The van der Waals surface area contributed by atoms with Crippen molar-refractivity contribution in [3.63, 3.8) is 0 Å². The molecular weight excluding hydrogens is 446 g/mol. The molecule has 0 saturated carbocycles. The Hall–Kier alpha value is -3.73. The van der Waals surface area contributed by atoms with Crippen LogP contribution in [0.4, 0.5) is 8.78 Å². The minimum absolute atomic E-state index is 0.0843. The molecule has 0 amide bonds. The van der Waals surface area contributed by atoms with Gasteiger partial charge in [-0.05, 0) is 50.3 Å². The number of carbonyl (C=O) groups is 1. The Bertz CT molecular complexity index is 1330. The quantitative estimate of drug-likeness (QED) is 0.375. The summed E-state index contributed by atoms with van der Waals surface area (Å²) in [6.07, 6.45) is 1.57. The molecule has 1 atom stereocenters. The van der Waals surface area contributed by atoms with Crippen LogP contribution in [0.1, 0.15) is 47.8 Å². The number of carbonyl (C=O) groups excluding carboxylic acids is 1. The molecule has 3 heterocycles. The molecule has 1 unspecified atom stereocenters. The van der Waals surface area contributed by atoms with E-state index in [2.05, 4.69) is 20.4 Å². The lowest BCUT2D eigenvalue weighted by molar-refractivity contribution is 0.0906. The zero-order valence-corrected chi connectivity index (χ0v) is 19.0. The molecule has 9 nitrogen and oxygen atoms in total. The predicted molar refractivity (Wildman–Crippen MR) is 117 cm³/mol. The summed E-state index contributed by atoms with van der Waals surface area (Å²) >= 11 is 0. The number of rotatable bonds is 9. The van der Waals surface area contributed by atoms with Crippen LogP contribution in [-0.4, -0.2) is 47.1 Å². The second-order valence-corrected chi connectivity index (χ2v) is 8.22. The number of hydrogen-bond acceptors (Lipinski definition) is 7. The normalized spacial score (nSPS) is 13.2. The fraction of sp³-hybridized carbons (Fsp3) is 0.348. The Morgan fingerprint density at radius 3 is 2.59 bits per heavy atom. The zero-order valence-electron chi connectivity index (χ0n) is 19.0. The maximum absolute atomic E-state index is 14.0. The minimum atomic E-state index is -1.04. The van der Waals surface area contributed by atoms with Crippen molar-refractivity contribution in [2.75, 3.05) is 6.61 Å². The fourth-order valence-electron chi connectivity index (χ4n) is 3.69. The number of benzene rings is 1. The van der Waals surface area contributed by atoms with Crippen LogP contribution in [-0.2, 0) is 18.6 Å². The Morgan fingerprint density at radius 2 is 1.94 bits per heavy atom. The van der Waals surface area contributed by atoms with Crippen LogP contribution >= 0.6 is 0 Å². The first-order valence-corrected chi connectivity index (χ1v) is 10.7. The molecular formula is C23H24F2N6O3. The smallest absolute Gasteiger partial charge is 0.183 e. The Balaban J connectivity index is 1.63. The molecule has 178 valence electrons. The van der Waals surface area contributed by atoms with E-state index >= 15 is 0 Å². The van der Waals surface area contributed by atoms with Gasteiger partial charge in [-0.15, -0.1) is 10.2 Å². The number of aliphatic hydroxyl groups excluding tert-OH is 1. The molecule has 4 aromatic rings. The Labute approximate surface area is 194 Å². The highest BCUT2D eigenvalue weighted by Crippen LogP contribution is 2.29. The van der Waals surface area contributed by atoms with Crippen LogP contribution < -0.4 is 4.74 Å². The van der Waals surface area contributed by atoms with Crippen LogP contribution in [0.3, 0.4) is 0 Å². The SMILES string of the molecule is CCn1nnc(C(C)(CO)CC(=O)c2c(C)nc3c(OCc4c(F)cccc4F)cccn23)n1. The molecule has 0 radical (unpaired) electrons. The van der Waals surface area contributed by atoms with Gasteiger partial charge in [-0.25, -0.2) is 13.8 Å². The molecule has 0 aliphatic carbocycles. The van der Waals surface area contributed by atoms with Gasteiger partial charge in [-0.3, -0.25) is 9.20 Å². The average molecular weight is 470 g/mol. The maximum Gasteiger partial charge on any atom is 0.183 e. The van der Waals surface area contributed by atoms with Crippen LogP contribution in [0.25, 0.3) is 5.65 Å². The monoisotopic (exact) mass is 470 g/mol. The summed E-state index contributed by atoms with van der Waals surface area (Å²) in [5.74, 6) is -1.16. The molecule has 0 bridgehead atoms. The molecule has 3 aromatic heterocycles. The first kappa shape index (κ1) is 23.4. The number of ether oxygens (including phenoxy) is 1. The van der Waals surface area contributed by atoms with E-state index in [1.54, 1.807) is 36.6 Å². The van der Waals surface area contributed by atoms with E-state index in [1.165, 1.54) is 10.9 Å². The summed E-state index contributed by atoms with van der Waals surface area (Å²) in [5, 5.41) is 22.2. The summed E-state index contributed by atoms with van der Waals surface area (Å²) in [6.45, 7) is 5.05. The van der Waals surface area contributed by atoms with Gasteiger partial charge in [0.25, 0.3) is 0 Å². The molecule has 0 saturated heterocycles. The van der Waals surface area contributed by atoms with E-state index in [9.17, 15) is 18.7 Å². The number of halogens is 2. The van der Waals surface area contributed by atoms with Crippen molar-refractivity contribution in [2.24, 2.45) is 0 Å². The minimum Gasteiger partial charge on any atom is -0.485 e. The number of fused-ring (bicyclic) bond motifs is 1. The number of aryl methyl sites for hydroxylation is 2. The lowest BCUT2D eigenvalue weighted by Gasteiger charge is -2.22. The number of aromatic nitrogens is 6. The van der Waals surface area contributed by atoms with Gasteiger partial charge in [0.05, 0.1) is 29.8 Å². The summed E-state index contributed by atoms with van der Waals surface area (Å²) in [7, 11) is 0. The summed E-state index contributed by atoms with van der Waals surface area (Å²) in [4.78, 5) is 19.2. The molecule has 0 spiro atoms. The van der Waals surface area contributed by atoms with Crippen LogP contribution in [0.15, 0.2) is 36.5 Å². The van der Waals surface area contributed by atoms with E-state index in [1.807, 2.05) is 6.92 Å². The van der Waals surface area contributed by atoms with Crippen LogP contribution in [0.2, 0.25) is 0 Å². The van der Waals surface area contributed by atoms with Crippen LogP contribution in [0.5, 0.6) is 5.75 Å². The molecule has 1 N–H and O–H groups in total. The number of pyridine rings is 1. The molecule has 11 heteroatoms. The van der Waals surface area contributed by atoms with E-state index in [0.29, 0.717) is 23.6 Å². The number of ketones is 1. The highest BCUT2D eigenvalue weighted by Gasteiger charge is 2.35. The van der Waals surface area contributed by atoms with Crippen molar-refractivity contribution < 1.29 is 23.4 Å². The van der Waals surface area contributed by atoms with Gasteiger partial charge in [-0.2, -0.15) is 4.80 Å². The number of aliphatic hydroxyl groups is 1. The molecule has 0 fully saturated rings. The van der Waals surface area contributed by atoms with Gasteiger partial charge in [0.1, 0.15) is 23.9 Å². The standard InChI is InChI=1S/C23H24F2N6O3/c1-4-31-28-22(27-29-31)23(3,13-32)11-18(33)20-14(2)26-21-19(9-6-10-30(20)21)34-12-15-16(24)7-5-8-17(15)25/h5-10,32H,4,11-13H2,1-3H3. The van der Waals surface area contributed by atoms with Crippen molar-refractivity contribution in [1.29, 1.82) is 0 Å². The number of tetrazole rings is 1. The fourth-order valence-corrected chi connectivity index (χ4v) is 3.69. The van der Waals surface area contributed by atoms with Gasteiger partial charge in [0.15, 0.2) is 23.0 Å². The van der Waals surface area contributed by atoms with E-state index in [-0.39, 0.29) is 42.6 Å². The second kappa shape index (κ2) is 9.26. The predicted octanol–water partition coefficient (Wildman–Crippen LogP) is 3.03. The third-order valence-electron chi connectivity index (χ3n) is 5.66. The van der Waals surface area contributed by atoms with Gasteiger partial charge in [0, 0.05) is 12.6 Å². The van der Waals surface area contributed by atoms with Crippen LogP contribution in [0, 0.1) is 18.6 Å². The first-order valence-electron chi connectivity index (χ1n) is 10.7. The summed E-state index contributed by atoms with van der Waals surface area (Å²) in [5.41, 5.74) is -0.155. The van der Waals surface area contributed by atoms with Crippen molar-refractivity contribution in [3.8, 4) is 5.75 Å². The zero-order chi connectivity index (χ0) is 24.5. The van der Waals surface area contributed by atoms with E-state index < -0.39 is 17.0 Å². The first-order chi connectivity index (χ1) is 16.3. The molecule has 34 heavy (non-hydrogen) atoms. The van der Waals surface area contributed by atoms with Crippen molar-refractivity contribution in [1.82, 2.24) is 29.6 Å². The number of imidazole rings is 1. The van der Waals surface area contributed by atoms with Gasteiger partial charge in [0.2, 0.25) is 0 Å². The van der Waals surface area contributed by atoms with Gasteiger partial charge < -0.3 is 9.84 Å². The Morgan fingerprint density at radius 1 is 1.21 bits per heavy atom. The molecule has 0 aliphatic rings. The summed E-state index contributed by atoms with van der Waals surface area (Å²) < 4.78 is 35.2. The largest absolute Gasteiger partial charge is 0.485 e. The second-order valence-electron chi connectivity index (χ2n) is 8.22.